The highest BCUT2D eigenvalue weighted by atomic mass is 16.5. The van der Waals surface area contributed by atoms with Gasteiger partial charge in [-0.1, -0.05) is 24.9 Å². The highest BCUT2D eigenvalue weighted by molar-refractivity contribution is 5.78. The number of hydrogen-bond acceptors (Lipinski definition) is 4. The third-order valence-electron chi connectivity index (χ3n) is 4.87. The SMILES string of the molecule is Cc1noc(C)c1CC(C)C(=O)N(C)CC1CCCCC1O. The molecule has 1 fully saturated rings. The molecule has 1 aromatic rings. The van der Waals surface area contributed by atoms with Crippen molar-refractivity contribution in [2.24, 2.45) is 11.8 Å². The first-order chi connectivity index (χ1) is 10.4. The Morgan fingerprint density at radius 3 is 2.68 bits per heavy atom. The number of rotatable bonds is 5. The second kappa shape index (κ2) is 7.27. The zero-order valence-electron chi connectivity index (χ0n) is 14.1. The fourth-order valence-corrected chi connectivity index (χ4v) is 3.41. The molecule has 1 aromatic heterocycles. The van der Waals surface area contributed by atoms with Crippen LogP contribution >= 0.6 is 0 Å². The molecule has 0 aromatic carbocycles. The number of hydrogen-bond donors (Lipinski definition) is 1. The molecule has 1 amide bonds. The van der Waals surface area contributed by atoms with Crippen LogP contribution in [0.25, 0.3) is 0 Å². The highest BCUT2D eigenvalue weighted by Crippen LogP contribution is 2.25. The van der Waals surface area contributed by atoms with Gasteiger partial charge in [-0.15, -0.1) is 0 Å². The van der Waals surface area contributed by atoms with Crippen molar-refractivity contribution in [1.82, 2.24) is 10.1 Å². The van der Waals surface area contributed by atoms with E-state index >= 15 is 0 Å². The molecule has 5 nitrogen and oxygen atoms in total. The van der Waals surface area contributed by atoms with Crippen molar-refractivity contribution in [2.45, 2.75) is 59.0 Å². The number of aliphatic hydroxyl groups is 1. The quantitative estimate of drug-likeness (QED) is 0.907. The first-order valence-electron chi connectivity index (χ1n) is 8.25. The second-order valence-corrected chi connectivity index (χ2v) is 6.74. The van der Waals surface area contributed by atoms with Gasteiger partial charge in [0, 0.05) is 31.0 Å². The van der Waals surface area contributed by atoms with E-state index in [1.54, 1.807) is 4.90 Å². The summed E-state index contributed by atoms with van der Waals surface area (Å²) in [5, 5.41) is 14.0. The van der Waals surface area contributed by atoms with Gasteiger partial charge in [0.05, 0.1) is 11.8 Å². The number of nitrogens with zero attached hydrogens (tertiary/aromatic N) is 2. The van der Waals surface area contributed by atoms with Gasteiger partial charge in [0.1, 0.15) is 5.76 Å². The molecule has 22 heavy (non-hydrogen) atoms. The average molecular weight is 308 g/mol. The maximum atomic E-state index is 12.6. The average Bonchev–Trinajstić information content (AvgIpc) is 2.80. The van der Waals surface area contributed by atoms with Crippen LogP contribution in [-0.2, 0) is 11.2 Å². The Hall–Kier alpha value is -1.36. The molecule has 1 heterocycles. The summed E-state index contributed by atoms with van der Waals surface area (Å²) in [7, 11) is 1.84. The van der Waals surface area contributed by atoms with Crippen molar-refractivity contribution in [3.8, 4) is 0 Å². The molecule has 1 aliphatic carbocycles. The Kier molecular flexibility index (Phi) is 5.62. The first kappa shape index (κ1) is 17.0. The fraction of sp³-hybridized carbons (Fsp3) is 0.765. The maximum Gasteiger partial charge on any atom is 0.225 e. The van der Waals surface area contributed by atoms with Crippen LogP contribution in [0.2, 0.25) is 0 Å². The minimum absolute atomic E-state index is 0.109. The molecule has 1 N–H and O–H groups in total. The van der Waals surface area contributed by atoms with Gasteiger partial charge in [-0.3, -0.25) is 4.79 Å². The van der Waals surface area contributed by atoms with Gasteiger partial charge >= 0.3 is 0 Å². The summed E-state index contributed by atoms with van der Waals surface area (Å²) in [5.41, 5.74) is 1.90. The molecule has 124 valence electrons. The van der Waals surface area contributed by atoms with Crippen molar-refractivity contribution in [3.63, 3.8) is 0 Å². The smallest absolute Gasteiger partial charge is 0.225 e. The van der Waals surface area contributed by atoms with Crippen molar-refractivity contribution >= 4 is 5.91 Å². The molecule has 1 saturated carbocycles. The summed E-state index contributed by atoms with van der Waals surface area (Å²) < 4.78 is 5.16. The summed E-state index contributed by atoms with van der Waals surface area (Å²) in [4.78, 5) is 14.3. The Balaban J connectivity index is 1.92. The van der Waals surface area contributed by atoms with Crippen molar-refractivity contribution in [3.05, 3.63) is 17.0 Å². The predicted octanol–water partition coefficient (Wildman–Crippen LogP) is 2.48. The maximum absolute atomic E-state index is 12.6. The van der Waals surface area contributed by atoms with Crippen LogP contribution in [-0.4, -0.2) is 40.8 Å². The number of aliphatic hydroxyl groups excluding tert-OH is 1. The van der Waals surface area contributed by atoms with Crippen LogP contribution in [0, 0.1) is 25.7 Å². The number of carbonyl (C=O) groups excluding carboxylic acids is 1. The van der Waals surface area contributed by atoms with Crippen molar-refractivity contribution < 1.29 is 14.4 Å². The molecule has 5 heteroatoms. The summed E-state index contributed by atoms with van der Waals surface area (Å²) in [6.07, 6.45) is 4.51. The second-order valence-electron chi connectivity index (χ2n) is 6.74. The van der Waals surface area contributed by atoms with Crippen LogP contribution in [0.15, 0.2) is 4.52 Å². The third-order valence-corrected chi connectivity index (χ3v) is 4.87. The lowest BCUT2D eigenvalue weighted by molar-refractivity contribution is -0.134. The van der Waals surface area contributed by atoms with Crippen LogP contribution in [0.4, 0.5) is 0 Å². The molecular weight excluding hydrogens is 280 g/mol. The number of amides is 1. The summed E-state index contributed by atoms with van der Waals surface area (Å²) >= 11 is 0. The van der Waals surface area contributed by atoms with E-state index < -0.39 is 0 Å². The zero-order valence-corrected chi connectivity index (χ0v) is 14.1. The van der Waals surface area contributed by atoms with E-state index in [-0.39, 0.29) is 23.8 Å². The first-order valence-corrected chi connectivity index (χ1v) is 8.25. The minimum atomic E-state index is -0.262. The molecule has 3 unspecified atom stereocenters. The fourth-order valence-electron chi connectivity index (χ4n) is 3.41. The lowest BCUT2D eigenvalue weighted by Crippen LogP contribution is -2.40. The van der Waals surface area contributed by atoms with Gasteiger partial charge in [-0.25, -0.2) is 0 Å². The lowest BCUT2D eigenvalue weighted by Gasteiger charge is -2.32. The van der Waals surface area contributed by atoms with E-state index in [9.17, 15) is 9.90 Å². The van der Waals surface area contributed by atoms with Gasteiger partial charge in [0.15, 0.2) is 0 Å². The Labute approximate surface area is 132 Å². The standard InChI is InChI=1S/C17H28N2O3/c1-11(9-15-12(2)18-22-13(15)3)17(21)19(4)10-14-7-5-6-8-16(14)20/h11,14,16,20H,5-10H2,1-4H3. The molecule has 1 aliphatic rings. The number of aromatic nitrogens is 1. The molecule has 0 bridgehead atoms. The monoisotopic (exact) mass is 308 g/mol. The Morgan fingerprint density at radius 2 is 2.09 bits per heavy atom. The van der Waals surface area contributed by atoms with E-state index in [2.05, 4.69) is 5.16 Å². The Morgan fingerprint density at radius 1 is 1.41 bits per heavy atom. The van der Waals surface area contributed by atoms with Crippen LogP contribution in [0.5, 0.6) is 0 Å². The molecule has 0 saturated heterocycles. The van der Waals surface area contributed by atoms with E-state index in [1.807, 2.05) is 27.8 Å². The molecular formula is C17H28N2O3. The van der Waals surface area contributed by atoms with E-state index in [1.165, 1.54) is 0 Å². The normalized spacial score (nSPS) is 23.3. The van der Waals surface area contributed by atoms with Gasteiger partial charge in [0.25, 0.3) is 0 Å². The van der Waals surface area contributed by atoms with E-state index in [0.717, 1.165) is 42.7 Å². The molecule has 2 rings (SSSR count). The van der Waals surface area contributed by atoms with Gasteiger partial charge in [-0.2, -0.15) is 0 Å². The van der Waals surface area contributed by atoms with Gasteiger partial charge < -0.3 is 14.5 Å². The predicted molar refractivity (Wildman–Crippen MR) is 84.4 cm³/mol. The van der Waals surface area contributed by atoms with E-state index in [0.29, 0.717) is 13.0 Å². The molecule has 0 aliphatic heterocycles. The lowest BCUT2D eigenvalue weighted by atomic mass is 9.86. The van der Waals surface area contributed by atoms with Gasteiger partial charge in [0.2, 0.25) is 5.91 Å². The van der Waals surface area contributed by atoms with Gasteiger partial charge in [-0.05, 0) is 33.1 Å². The Bertz CT molecular complexity index is 493. The van der Waals surface area contributed by atoms with E-state index in [4.69, 9.17) is 4.52 Å². The number of carbonyl (C=O) groups is 1. The van der Waals surface area contributed by atoms with Crippen LogP contribution < -0.4 is 0 Å². The number of aryl methyl sites for hydroxylation is 2. The zero-order chi connectivity index (χ0) is 16.3. The topological polar surface area (TPSA) is 66.6 Å². The van der Waals surface area contributed by atoms with Crippen LogP contribution in [0.3, 0.4) is 0 Å². The molecule has 3 atom stereocenters. The van der Waals surface area contributed by atoms with Crippen molar-refractivity contribution in [2.75, 3.05) is 13.6 Å². The van der Waals surface area contributed by atoms with Crippen LogP contribution in [0.1, 0.15) is 49.6 Å². The summed E-state index contributed by atoms with van der Waals surface area (Å²) in [6, 6.07) is 0. The third kappa shape index (κ3) is 3.88. The summed E-state index contributed by atoms with van der Waals surface area (Å²) in [5.74, 6) is 1.02. The van der Waals surface area contributed by atoms with Crippen molar-refractivity contribution in [1.29, 1.82) is 0 Å². The molecule has 0 spiro atoms. The summed E-state index contributed by atoms with van der Waals surface area (Å²) in [6.45, 7) is 6.38. The largest absolute Gasteiger partial charge is 0.393 e. The molecule has 0 radical (unpaired) electrons. The minimum Gasteiger partial charge on any atom is -0.393 e. The highest BCUT2D eigenvalue weighted by Gasteiger charge is 2.27.